The molecule has 1 nitrogen and oxygen atoms in total. The third-order valence-electron chi connectivity index (χ3n) is 2.10. The number of terminal acetylenes is 1. The molecular formula is C12H15N. The summed E-state index contributed by atoms with van der Waals surface area (Å²) in [6, 6.07) is 10.8. The minimum absolute atomic E-state index is 0.396. The largest absolute Gasteiger partial charge is 0.316 e. The molecule has 0 unspecified atom stereocenters. The Labute approximate surface area is 80.2 Å². The van der Waals surface area contributed by atoms with Crippen LogP contribution in [-0.4, -0.2) is 13.1 Å². The first kappa shape index (κ1) is 9.83. The summed E-state index contributed by atoms with van der Waals surface area (Å²) < 4.78 is 0. The highest BCUT2D eigenvalue weighted by atomic mass is 14.9. The summed E-state index contributed by atoms with van der Waals surface area (Å²) in [4.78, 5) is 0. The van der Waals surface area contributed by atoms with Crippen LogP contribution in [0.3, 0.4) is 0 Å². The van der Waals surface area contributed by atoms with Crippen molar-refractivity contribution in [1.82, 2.24) is 5.32 Å². The van der Waals surface area contributed by atoms with E-state index in [-0.39, 0.29) is 0 Å². The highest BCUT2D eigenvalue weighted by molar-refractivity contribution is 5.16. The SMILES string of the molecule is C#CC[C@@H](Cc1ccccc1)NC. The first-order valence-corrected chi connectivity index (χ1v) is 4.51. The number of hydrogen-bond donors (Lipinski definition) is 1. The van der Waals surface area contributed by atoms with Gasteiger partial charge in [-0.15, -0.1) is 12.3 Å². The van der Waals surface area contributed by atoms with E-state index in [9.17, 15) is 0 Å². The maximum absolute atomic E-state index is 5.27. The number of rotatable bonds is 4. The van der Waals surface area contributed by atoms with Crippen LogP contribution in [-0.2, 0) is 6.42 Å². The molecule has 0 aliphatic carbocycles. The van der Waals surface area contributed by atoms with E-state index < -0.39 is 0 Å². The Hall–Kier alpha value is -1.26. The molecule has 1 rings (SSSR count). The molecule has 13 heavy (non-hydrogen) atoms. The second kappa shape index (κ2) is 5.40. The first-order chi connectivity index (χ1) is 6.36. The van der Waals surface area contributed by atoms with Gasteiger partial charge in [0, 0.05) is 12.5 Å². The average molecular weight is 173 g/mol. The van der Waals surface area contributed by atoms with E-state index in [1.54, 1.807) is 0 Å². The molecule has 1 aromatic rings. The monoisotopic (exact) mass is 173 g/mol. The van der Waals surface area contributed by atoms with Crippen molar-refractivity contribution in [3.05, 3.63) is 35.9 Å². The fraction of sp³-hybridized carbons (Fsp3) is 0.333. The lowest BCUT2D eigenvalue weighted by Gasteiger charge is -2.12. The molecule has 0 aliphatic heterocycles. The summed E-state index contributed by atoms with van der Waals surface area (Å²) in [5.41, 5.74) is 1.33. The van der Waals surface area contributed by atoms with Crippen molar-refractivity contribution in [2.75, 3.05) is 7.05 Å². The molecule has 0 bridgehead atoms. The lowest BCUT2D eigenvalue weighted by Crippen LogP contribution is -2.26. The zero-order chi connectivity index (χ0) is 9.52. The summed E-state index contributed by atoms with van der Waals surface area (Å²) >= 11 is 0. The van der Waals surface area contributed by atoms with Gasteiger partial charge in [0.25, 0.3) is 0 Å². The van der Waals surface area contributed by atoms with Crippen LogP contribution >= 0.6 is 0 Å². The third-order valence-corrected chi connectivity index (χ3v) is 2.10. The topological polar surface area (TPSA) is 12.0 Å². The fourth-order valence-electron chi connectivity index (χ4n) is 1.32. The predicted octanol–water partition coefficient (Wildman–Crippen LogP) is 1.84. The fourth-order valence-corrected chi connectivity index (χ4v) is 1.32. The molecule has 1 aromatic carbocycles. The number of nitrogens with one attached hydrogen (secondary N) is 1. The molecule has 0 radical (unpaired) electrons. The lowest BCUT2D eigenvalue weighted by molar-refractivity contribution is 0.573. The standard InChI is InChI=1S/C12H15N/c1-3-7-12(13-2)10-11-8-5-4-6-9-11/h1,4-6,8-9,12-13H,7,10H2,2H3/t12-/m0/s1. The van der Waals surface area contributed by atoms with E-state index in [0.717, 1.165) is 12.8 Å². The normalized spacial score (nSPS) is 12.0. The second-order valence-electron chi connectivity index (χ2n) is 3.08. The van der Waals surface area contributed by atoms with Crippen LogP contribution in [0.2, 0.25) is 0 Å². The van der Waals surface area contributed by atoms with Gasteiger partial charge < -0.3 is 5.32 Å². The highest BCUT2D eigenvalue weighted by Crippen LogP contribution is 2.04. The van der Waals surface area contributed by atoms with Crippen LogP contribution in [0, 0.1) is 12.3 Å². The average Bonchev–Trinajstić information content (AvgIpc) is 2.19. The number of likely N-dealkylation sites (N-methyl/N-ethyl adjacent to an activating group) is 1. The van der Waals surface area contributed by atoms with Crippen molar-refractivity contribution in [2.45, 2.75) is 18.9 Å². The molecule has 0 heterocycles. The van der Waals surface area contributed by atoms with Gasteiger partial charge in [-0.3, -0.25) is 0 Å². The molecule has 0 amide bonds. The van der Waals surface area contributed by atoms with Gasteiger partial charge in [-0.05, 0) is 19.0 Å². The van der Waals surface area contributed by atoms with E-state index in [0.29, 0.717) is 6.04 Å². The molecule has 0 aliphatic rings. The van der Waals surface area contributed by atoms with Crippen molar-refractivity contribution in [1.29, 1.82) is 0 Å². The van der Waals surface area contributed by atoms with Crippen LogP contribution < -0.4 is 5.32 Å². The van der Waals surface area contributed by atoms with Crippen LogP contribution in [0.1, 0.15) is 12.0 Å². The maximum Gasteiger partial charge on any atom is 0.0243 e. The molecule has 68 valence electrons. The summed E-state index contributed by atoms with van der Waals surface area (Å²) in [5.74, 6) is 2.68. The third kappa shape index (κ3) is 3.31. The first-order valence-electron chi connectivity index (χ1n) is 4.51. The van der Waals surface area contributed by atoms with Gasteiger partial charge in [-0.25, -0.2) is 0 Å². The summed E-state index contributed by atoms with van der Waals surface area (Å²) in [6.45, 7) is 0. The quantitative estimate of drug-likeness (QED) is 0.685. The minimum atomic E-state index is 0.396. The van der Waals surface area contributed by atoms with E-state index in [2.05, 4.69) is 35.5 Å². The molecule has 1 heteroatoms. The zero-order valence-electron chi connectivity index (χ0n) is 7.96. The van der Waals surface area contributed by atoms with E-state index in [1.165, 1.54) is 5.56 Å². The minimum Gasteiger partial charge on any atom is -0.316 e. The Balaban J connectivity index is 2.53. The predicted molar refractivity (Wildman–Crippen MR) is 56.4 cm³/mol. The number of hydrogen-bond acceptors (Lipinski definition) is 1. The Bertz CT molecular complexity index is 271. The molecule has 0 saturated carbocycles. The molecule has 1 N–H and O–H groups in total. The van der Waals surface area contributed by atoms with Crippen molar-refractivity contribution in [3.8, 4) is 12.3 Å². The maximum atomic E-state index is 5.27. The zero-order valence-corrected chi connectivity index (χ0v) is 7.96. The van der Waals surface area contributed by atoms with Gasteiger partial charge in [0.15, 0.2) is 0 Å². The molecular weight excluding hydrogens is 158 g/mol. The van der Waals surface area contributed by atoms with Gasteiger partial charge in [0.05, 0.1) is 0 Å². The van der Waals surface area contributed by atoms with Gasteiger partial charge >= 0.3 is 0 Å². The van der Waals surface area contributed by atoms with E-state index >= 15 is 0 Å². The molecule has 0 fully saturated rings. The van der Waals surface area contributed by atoms with Gasteiger partial charge in [0.2, 0.25) is 0 Å². The Morgan fingerprint density at radius 1 is 1.38 bits per heavy atom. The highest BCUT2D eigenvalue weighted by Gasteiger charge is 2.04. The molecule has 0 aromatic heterocycles. The summed E-state index contributed by atoms with van der Waals surface area (Å²) in [5, 5.41) is 3.21. The summed E-state index contributed by atoms with van der Waals surface area (Å²) in [7, 11) is 1.95. The smallest absolute Gasteiger partial charge is 0.0243 e. The van der Waals surface area contributed by atoms with Crippen LogP contribution in [0.25, 0.3) is 0 Å². The molecule has 1 atom stereocenters. The second-order valence-corrected chi connectivity index (χ2v) is 3.08. The van der Waals surface area contributed by atoms with Gasteiger partial charge in [0.1, 0.15) is 0 Å². The van der Waals surface area contributed by atoms with Crippen molar-refractivity contribution in [2.24, 2.45) is 0 Å². The van der Waals surface area contributed by atoms with Crippen molar-refractivity contribution < 1.29 is 0 Å². The lowest BCUT2D eigenvalue weighted by atomic mass is 10.0. The van der Waals surface area contributed by atoms with Gasteiger partial charge in [-0.1, -0.05) is 30.3 Å². The molecule has 0 saturated heterocycles. The van der Waals surface area contributed by atoms with Crippen molar-refractivity contribution >= 4 is 0 Å². The van der Waals surface area contributed by atoms with Gasteiger partial charge in [-0.2, -0.15) is 0 Å². The molecule has 0 spiro atoms. The van der Waals surface area contributed by atoms with Crippen LogP contribution in [0.5, 0.6) is 0 Å². The van der Waals surface area contributed by atoms with Crippen LogP contribution in [0.4, 0.5) is 0 Å². The summed E-state index contributed by atoms with van der Waals surface area (Å²) in [6.07, 6.45) is 7.05. The Morgan fingerprint density at radius 2 is 2.08 bits per heavy atom. The Morgan fingerprint density at radius 3 is 2.62 bits per heavy atom. The van der Waals surface area contributed by atoms with Crippen LogP contribution in [0.15, 0.2) is 30.3 Å². The van der Waals surface area contributed by atoms with Crippen molar-refractivity contribution in [3.63, 3.8) is 0 Å². The van der Waals surface area contributed by atoms with E-state index in [4.69, 9.17) is 6.42 Å². The number of benzene rings is 1. The van der Waals surface area contributed by atoms with E-state index in [1.807, 2.05) is 13.1 Å². The Kier molecular flexibility index (Phi) is 4.08.